The Labute approximate surface area is 88.5 Å². The largest absolute Gasteiger partial charge is 0.488 e. The summed E-state index contributed by atoms with van der Waals surface area (Å²) in [5.41, 5.74) is 0.566. The number of ether oxygens (including phenoxy) is 2. The van der Waals surface area contributed by atoms with Crippen molar-refractivity contribution in [2.45, 2.75) is 13.0 Å². The van der Waals surface area contributed by atoms with Gasteiger partial charge in [-0.2, -0.15) is 4.99 Å². The van der Waals surface area contributed by atoms with Crippen LogP contribution in [0.5, 0.6) is 5.75 Å². The van der Waals surface area contributed by atoms with E-state index < -0.39 is 0 Å². The molecular formula is C11H13NO3. The summed E-state index contributed by atoms with van der Waals surface area (Å²) in [6.45, 7) is 2.45. The molecule has 1 aromatic carbocycles. The Morgan fingerprint density at radius 2 is 2.07 bits per heavy atom. The topological polar surface area (TPSA) is 47.9 Å². The van der Waals surface area contributed by atoms with Gasteiger partial charge < -0.3 is 9.47 Å². The fourth-order valence-corrected chi connectivity index (χ4v) is 1.15. The van der Waals surface area contributed by atoms with Crippen LogP contribution in [0.1, 0.15) is 6.92 Å². The highest BCUT2D eigenvalue weighted by Gasteiger charge is 2.02. The minimum atomic E-state index is -0.00424. The fraction of sp³-hybridized carbons (Fsp3) is 0.364. The number of rotatable bonds is 5. The first kappa shape index (κ1) is 11.4. The Kier molecular flexibility index (Phi) is 4.54. The first-order chi connectivity index (χ1) is 7.26. The molecule has 1 aromatic rings. The molecule has 0 spiro atoms. The maximum atomic E-state index is 9.98. The summed E-state index contributed by atoms with van der Waals surface area (Å²) in [6, 6.07) is 6.89. The molecule has 0 heterocycles. The van der Waals surface area contributed by atoms with Gasteiger partial charge in [-0.3, -0.25) is 0 Å². The molecule has 0 saturated heterocycles. The van der Waals surface area contributed by atoms with Crippen LogP contribution in [0.25, 0.3) is 0 Å². The van der Waals surface area contributed by atoms with E-state index in [1.807, 2.05) is 6.92 Å². The molecule has 0 N–H and O–H groups in total. The average molecular weight is 207 g/mol. The van der Waals surface area contributed by atoms with Crippen LogP contribution >= 0.6 is 0 Å². The van der Waals surface area contributed by atoms with E-state index in [0.717, 1.165) is 5.75 Å². The lowest BCUT2D eigenvalue weighted by Gasteiger charge is -2.13. The third-order valence-corrected chi connectivity index (χ3v) is 1.75. The summed E-state index contributed by atoms with van der Waals surface area (Å²) in [5.74, 6) is 0.726. The van der Waals surface area contributed by atoms with Crippen molar-refractivity contribution in [2.24, 2.45) is 4.99 Å². The van der Waals surface area contributed by atoms with E-state index in [1.165, 1.54) is 6.08 Å². The Bertz CT molecular complexity index is 341. The highest BCUT2D eigenvalue weighted by atomic mass is 16.5. The zero-order chi connectivity index (χ0) is 11.1. The normalized spacial score (nSPS) is 11.6. The number of aliphatic imine (C=N–C) groups is 1. The van der Waals surface area contributed by atoms with Gasteiger partial charge in [0.15, 0.2) is 0 Å². The number of nitrogens with zero attached hydrogens (tertiary/aromatic N) is 1. The van der Waals surface area contributed by atoms with Crippen LogP contribution in [0.15, 0.2) is 29.3 Å². The lowest BCUT2D eigenvalue weighted by molar-refractivity contribution is 0.0921. The number of benzene rings is 1. The van der Waals surface area contributed by atoms with Crippen LogP contribution in [0, 0.1) is 0 Å². The fourth-order valence-electron chi connectivity index (χ4n) is 1.15. The van der Waals surface area contributed by atoms with Gasteiger partial charge in [-0.05, 0) is 31.2 Å². The Morgan fingerprint density at radius 3 is 2.60 bits per heavy atom. The third kappa shape index (κ3) is 3.94. The molecular weight excluding hydrogens is 194 g/mol. The second-order valence-electron chi connectivity index (χ2n) is 3.08. The van der Waals surface area contributed by atoms with E-state index in [0.29, 0.717) is 12.3 Å². The molecule has 1 unspecified atom stereocenters. The quantitative estimate of drug-likeness (QED) is 0.548. The minimum Gasteiger partial charge on any atom is -0.488 e. The minimum absolute atomic E-state index is 0.00424. The summed E-state index contributed by atoms with van der Waals surface area (Å²) in [5, 5.41) is 0. The molecule has 15 heavy (non-hydrogen) atoms. The van der Waals surface area contributed by atoms with Gasteiger partial charge in [-0.15, -0.1) is 0 Å². The van der Waals surface area contributed by atoms with E-state index in [1.54, 1.807) is 31.4 Å². The van der Waals surface area contributed by atoms with Crippen LogP contribution in [-0.2, 0) is 9.53 Å². The summed E-state index contributed by atoms with van der Waals surface area (Å²) in [4.78, 5) is 13.5. The number of hydrogen-bond donors (Lipinski definition) is 0. The van der Waals surface area contributed by atoms with Crippen molar-refractivity contribution in [2.75, 3.05) is 13.7 Å². The van der Waals surface area contributed by atoms with Gasteiger partial charge >= 0.3 is 0 Å². The van der Waals surface area contributed by atoms with E-state index in [-0.39, 0.29) is 6.10 Å². The van der Waals surface area contributed by atoms with Crippen molar-refractivity contribution in [3.05, 3.63) is 24.3 Å². The number of hydrogen-bond acceptors (Lipinski definition) is 4. The van der Waals surface area contributed by atoms with Crippen molar-refractivity contribution in [3.63, 3.8) is 0 Å². The first-order valence-corrected chi connectivity index (χ1v) is 4.60. The maximum absolute atomic E-state index is 9.98. The molecule has 1 rings (SSSR count). The lowest BCUT2D eigenvalue weighted by Crippen LogP contribution is -2.17. The lowest BCUT2D eigenvalue weighted by atomic mass is 10.3. The van der Waals surface area contributed by atoms with E-state index >= 15 is 0 Å². The molecule has 1 atom stereocenters. The first-order valence-electron chi connectivity index (χ1n) is 4.60. The molecule has 4 nitrogen and oxygen atoms in total. The van der Waals surface area contributed by atoms with Crippen LogP contribution in [0.3, 0.4) is 0 Å². The second-order valence-corrected chi connectivity index (χ2v) is 3.08. The molecule has 0 saturated carbocycles. The van der Waals surface area contributed by atoms with Crippen LogP contribution in [0.4, 0.5) is 5.69 Å². The molecule has 4 heteroatoms. The second kappa shape index (κ2) is 5.96. The molecule has 0 radical (unpaired) electrons. The van der Waals surface area contributed by atoms with Crippen molar-refractivity contribution < 1.29 is 14.3 Å². The summed E-state index contributed by atoms with van der Waals surface area (Å²) < 4.78 is 10.5. The van der Waals surface area contributed by atoms with E-state index in [9.17, 15) is 4.79 Å². The molecule has 0 fully saturated rings. The monoisotopic (exact) mass is 207 g/mol. The van der Waals surface area contributed by atoms with Gasteiger partial charge in [-0.25, -0.2) is 4.79 Å². The van der Waals surface area contributed by atoms with Gasteiger partial charge in [0.2, 0.25) is 6.08 Å². The Hall–Kier alpha value is -1.64. The van der Waals surface area contributed by atoms with Crippen molar-refractivity contribution in [1.29, 1.82) is 0 Å². The molecule has 0 aromatic heterocycles. The smallest absolute Gasteiger partial charge is 0.240 e. The SMILES string of the molecule is COCC(C)Oc1ccc(N=C=O)cc1. The van der Waals surface area contributed by atoms with Crippen LogP contribution in [0.2, 0.25) is 0 Å². The van der Waals surface area contributed by atoms with E-state index in [4.69, 9.17) is 9.47 Å². The van der Waals surface area contributed by atoms with Crippen LogP contribution < -0.4 is 4.74 Å². The van der Waals surface area contributed by atoms with Gasteiger partial charge in [0.1, 0.15) is 11.9 Å². The zero-order valence-corrected chi connectivity index (χ0v) is 8.77. The van der Waals surface area contributed by atoms with E-state index in [2.05, 4.69) is 4.99 Å². The van der Waals surface area contributed by atoms with Crippen molar-refractivity contribution in [1.82, 2.24) is 0 Å². The highest BCUT2D eigenvalue weighted by Crippen LogP contribution is 2.18. The highest BCUT2D eigenvalue weighted by molar-refractivity contribution is 5.50. The predicted molar refractivity (Wildman–Crippen MR) is 56.2 cm³/mol. The molecule has 80 valence electrons. The molecule has 0 bridgehead atoms. The molecule has 0 amide bonds. The number of isocyanates is 1. The molecule has 0 aliphatic rings. The third-order valence-electron chi connectivity index (χ3n) is 1.75. The summed E-state index contributed by atoms with van der Waals surface area (Å²) in [7, 11) is 1.63. The van der Waals surface area contributed by atoms with Gasteiger partial charge in [0, 0.05) is 7.11 Å². The Balaban J connectivity index is 2.60. The standard InChI is InChI=1S/C11H13NO3/c1-9(7-14-2)15-11-5-3-10(4-6-11)12-8-13/h3-6,9H,7H2,1-2H3. The van der Waals surface area contributed by atoms with Gasteiger partial charge in [0.25, 0.3) is 0 Å². The number of methoxy groups -OCH3 is 1. The van der Waals surface area contributed by atoms with Crippen molar-refractivity contribution >= 4 is 11.8 Å². The average Bonchev–Trinajstić information content (AvgIpc) is 2.22. The maximum Gasteiger partial charge on any atom is 0.240 e. The van der Waals surface area contributed by atoms with Gasteiger partial charge in [0.05, 0.1) is 12.3 Å². The number of carbonyl (C=O) groups excluding carboxylic acids is 1. The van der Waals surface area contributed by atoms with Crippen LogP contribution in [-0.4, -0.2) is 25.9 Å². The molecule has 0 aliphatic heterocycles. The van der Waals surface area contributed by atoms with Crippen molar-refractivity contribution in [3.8, 4) is 5.75 Å². The summed E-state index contributed by atoms with van der Waals surface area (Å²) >= 11 is 0. The predicted octanol–water partition coefficient (Wildman–Crippen LogP) is 2.07. The Morgan fingerprint density at radius 1 is 1.40 bits per heavy atom. The van der Waals surface area contributed by atoms with Gasteiger partial charge in [-0.1, -0.05) is 0 Å². The summed E-state index contributed by atoms with van der Waals surface area (Å²) in [6.07, 6.45) is 1.47. The molecule has 0 aliphatic carbocycles. The zero-order valence-electron chi connectivity index (χ0n) is 8.77.